The molecule has 0 saturated carbocycles. The fraction of sp³-hybridized carbons (Fsp3) is 0.533. The number of nitrogens with zero attached hydrogens (tertiary/aromatic N) is 1. The monoisotopic (exact) mass is 294 g/mol. The molecule has 0 bridgehead atoms. The van der Waals surface area contributed by atoms with E-state index in [-0.39, 0.29) is 0 Å². The quantitative estimate of drug-likeness (QED) is 0.841. The van der Waals surface area contributed by atoms with Gasteiger partial charge in [-0.1, -0.05) is 18.3 Å². The second-order valence-electron chi connectivity index (χ2n) is 5.13. The summed E-state index contributed by atoms with van der Waals surface area (Å²) in [6, 6.07) is 6.02. The van der Waals surface area contributed by atoms with Crippen LogP contribution in [0.25, 0.3) is 0 Å². The lowest BCUT2D eigenvalue weighted by Crippen LogP contribution is -2.38. The molecule has 1 atom stereocenters. The van der Waals surface area contributed by atoms with E-state index in [1.54, 1.807) is 14.2 Å². The van der Waals surface area contributed by atoms with Gasteiger partial charge in [-0.2, -0.15) is 0 Å². The van der Waals surface area contributed by atoms with Crippen LogP contribution in [-0.2, 0) is 11.3 Å². The van der Waals surface area contributed by atoms with Gasteiger partial charge in [0.1, 0.15) is 10.7 Å². The van der Waals surface area contributed by atoms with Crippen molar-refractivity contribution in [1.82, 2.24) is 4.90 Å². The summed E-state index contributed by atoms with van der Waals surface area (Å²) in [5.41, 5.74) is 7.76. The predicted molar refractivity (Wildman–Crippen MR) is 84.2 cm³/mol. The standard InChI is InChI=1S/C15H22N2O2S/c1-18-12-4-3-7-17(10-12)9-11-5-6-14(19-2)13(8-11)15(16)20/h5-6,8,12H,3-4,7,9-10H2,1-2H3,(H2,16,20). The molecule has 5 heteroatoms. The van der Waals surface area contributed by atoms with Gasteiger partial charge in [0.25, 0.3) is 0 Å². The molecule has 0 aromatic heterocycles. The Kier molecular flexibility index (Phi) is 5.34. The van der Waals surface area contributed by atoms with Gasteiger partial charge in [0.05, 0.1) is 18.8 Å². The molecule has 0 radical (unpaired) electrons. The molecule has 2 rings (SSSR count). The zero-order valence-electron chi connectivity index (χ0n) is 12.1. The van der Waals surface area contributed by atoms with Crippen LogP contribution in [0.2, 0.25) is 0 Å². The molecule has 1 heterocycles. The zero-order valence-corrected chi connectivity index (χ0v) is 12.9. The van der Waals surface area contributed by atoms with Crippen LogP contribution in [0.1, 0.15) is 24.0 Å². The lowest BCUT2D eigenvalue weighted by Gasteiger charge is -2.32. The Balaban J connectivity index is 2.09. The molecule has 20 heavy (non-hydrogen) atoms. The predicted octanol–water partition coefficient (Wildman–Crippen LogP) is 1.94. The van der Waals surface area contributed by atoms with Crippen LogP contribution >= 0.6 is 12.2 Å². The maximum absolute atomic E-state index is 5.75. The lowest BCUT2D eigenvalue weighted by molar-refractivity contribution is 0.0285. The first-order valence-corrected chi connectivity index (χ1v) is 7.26. The van der Waals surface area contributed by atoms with E-state index in [4.69, 9.17) is 27.4 Å². The number of methoxy groups -OCH3 is 2. The Morgan fingerprint density at radius 1 is 1.45 bits per heavy atom. The van der Waals surface area contributed by atoms with E-state index in [1.165, 1.54) is 12.0 Å². The summed E-state index contributed by atoms with van der Waals surface area (Å²) < 4.78 is 10.7. The molecule has 1 unspecified atom stereocenters. The fourth-order valence-electron chi connectivity index (χ4n) is 2.65. The maximum atomic E-state index is 5.75. The van der Waals surface area contributed by atoms with Gasteiger partial charge in [-0.15, -0.1) is 0 Å². The number of ether oxygens (including phenoxy) is 2. The molecule has 1 aromatic rings. The molecule has 4 nitrogen and oxygen atoms in total. The van der Waals surface area contributed by atoms with Crippen molar-refractivity contribution in [3.05, 3.63) is 29.3 Å². The average molecular weight is 294 g/mol. The van der Waals surface area contributed by atoms with Crippen LogP contribution in [0.15, 0.2) is 18.2 Å². The van der Waals surface area contributed by atoms with Crippen molar-refractivity contribution in [2.75, 3.05) is 27.3 Å². The Morgan fingerprint density at radius 3 is 2.90 bits per heavy atom. The minimum absolute atomic E-state index is 0.344. The van der Waals surface area contributed by atoms with Gasteiger partial charge in [0.15, 0.2) is 0 Å². The Bertz CT molecular complexity index is 479. The molecule has 1 saturated heterocycles. The molecule has 1 aromatic carbocycles. The average Bonchev–Trinajstić information content (AvgIpc) is 2.47. The van der Waals surface area contributed by atoms with Crippen molar-refractivity contribution in [2.24, 2.45) is 5.73 Å². The molecule has 0 amide bonds. The smallest absolute Gasteiger partial charge is 0.129 e. The summed E-state index contributed by atoms with van der Waals surface area (Å²) >= 11 is 5.08. The first kappa shape index (κ1) is 15.2. The number of benzene rings is 1. The highest BCUT2D eigenvalue weighted by atomic mass is 32.1. The summed E-state index contributed by atoms with van der Waals surface area (Å²) in [4.78, 5) is 2.78. The van der Waals surface area contributed by atoms with Crippen LogP contribution in [0.4, 0.5) is 0 Å². The van der Waals surface area contributed by atoms with Gasteiger partial charge < -0.3 is 15.2 Å². The molecule has 110 valence electrons. The SMILES string of the molecule is COc1ccc(CN2CCCC(OC)C2)cc1C(N)=S. The van der Waals surface area contributed by atoms with Crippen LogP contribution < -0.4 is 10.5 Å². The van der Waals surface area contributed by atoms with Crippen molar-refractivity contribution in [3.63, 3.8) is 0 Å². The molecule has 1 aliphatic rings. The van der Waals surface area contributed by atoms with Crippen LogP contribution in [0.5, 0.6) is 5.75 Å². The molecule has 0 spiro atoms. The molecule has 1 fully saturated rings. The van der Waals surface area contributed by atoms with Gasteiger partial charge in [-0.25, -0.2) is 0 Å². The molecule has 2 N–H and O–H groups in total. The van der Waals surface area contributed by atoms with E-state index in [9.17, 15) is 0 Å². The van der Waals surface area contributed by atoms with E-state index >= 15 is 0 Å². The summed E-state index contributed by atoms with van der Waals surface area (Å²) in [6.07, 6.45) is 2.67. The Morgan fingerprint density at radius 2 is 2.25 bits per heavy atom. The number of thiocarbonyl (C=S) groups is 1. The first-order valence-electron chi connectivity index (χ1n) is 6.86. The van der Waals surface area contributed by atoms with Gasteiger partial charge in [-0.3, -0.25) is 4.90 Å². The number of likely N-dealkylation sites (tertiary alicyclic amines) is 1. The summed E-state index contributed by atoms with van der Waals surface area (Å²) in [7, 11) is 3.41. The number of rotatable bonds is 5. The second kappa shape index (κ2) is 7.02. The van der Waals surface area contributed by atoms with Crippen molar-refractivity contribution in [1.29, 1.82) is 0 Å². The lowest BCUT2D eigenvalue weighted by atomic mass is 10.1. The van der Waals surface area contributed by atoms with Gasteiger partial charge in [0, 0.05) is 20.2 Å². The van der Waals surface area contributed by atoms with Crippen molar-refractivity contribution in [3.8, 4) is 5.75 Å². The van der Waals surface area contributed by atoms with Crippen molar-refractivity contribution < 1.29 is 9.47 Å². The van der Waals surface area contributed by atoms with Gasteiger partial charge >= 0.3 is 0 Å². The summed E-state index contributed by atoms with van der Waals surface area (Å²) in [5, 5.41) is 0. The van der Waals surface area contributed by atoms with Gasteiger partial charge in [-0.05, 0) is 37.1 Å². The molecule has 0 aliphatic carbocycles. The number of nitrogens with two attached hydrogens (primary N) is 1. The topological polar surface area (TPSA) is 47.7 Å². The molecular weight excluding hydrogens is 272 g/mol. The normalized spacial score (nSPS) is 19.8. The van der Waals surface area contributed by atoms with E-state index in [0.29, 0.717) is 11.1 Å². The number of hydrogen-bond acceptors (Lipinski definition) is 4. The summed E-state index contributed by atoms with van der Waals surface area (Å²) in [6.45, 7) is 2.97. The highest BCUT2D eigenvalue weighted by Crippen LogP contribution is 2.22. The fourth-order valence-corrected chi connectivity index (χ4v) is 2.81. The van der Waals surface area contributed by atoms with E-state index in [1.807, 2.05) is 12.1 Å². The zero-order chi connectivity index (χ0) is 14.5. The highest BCUT2D eigenvalue weighted by Gasteiger charge is 2.19. The first-order chi connectivity index (χ1) is 9.63. The van der Waals surface area contributed by atoms with E-state index < -0.39 is 0 Å². The molecular formula is C15H22N2O2S. The highest BCUT2D eigenvalue weighted by molar-refractivity contribution is 7.80. The molecule has 1 aliphatic heterocycles. The Hall–Kier alpha value is -1.17. The Labute approximate surface area is 125 Å². The van der Waals surface area contributed by atoms with Crippen LogP contribution in [0, 0.1) is 0 Å². The third-order valence-electron chi connectivity index (χ3n) is 3.73. The van der Waals surface area contributed by atoms with Gasteiger partial charge in [0.2, 0.25) is 0 Å². The van der Waals surface area contributed by atoms with E-state index in [0.717, 1.165) is 37.4 Å². The third-order valence-corrected chi connectivity index (χ3v) is 3.95. The largest absolute Gasteiger partial charge is 0.496 e. The second-order valence-corrected chi connectivity index (χ2v) is 5.57. The summed E-state index contributed by atoms with van der Waals surface area (Å²) in [5.74, 6) is 0.731. The minimum Gasteiger partial charge on any atom is -0.496 e. The minimum atomic E-state index is 0.344. The number of piperidine rings is 1. The van der Waals surface area contributed by atoms with Crippen molar-refractivity contribution >= 4 is 17.2 Å². The van der Waals surface area contributed by atoms with E-state index in [2.05, 4.69) is 11.0 Å². The number of hydrogen-bond donors (Lipinski definition) is 1. The van der Waals surface area contributed by atoms with Crippen molar-refractivity contribution in [2.45, 2.75) is 25.5 Å². The van der Waals surface area contributed by atoms with Crippen LogP contribution in [0.3, 0.4) is 0 Å². The van der Waals surface area contributed by atoms with Crippen LogP contribution in [-0.4, -0.2) is 43.3 Å². The maximum Gasteiger partial charge on any atom is 0.129 e. The third kappa shape index (κ3) is 3.69.